The van der Waals surface area contributed by atoms with Gasteiger partial charge in [-0.3, -0.25) is 4.79 Å². The highest BCUT2D eigenvalue weighted by Gasteiger charge is 2.19. The van der Waals surface area contributed by atoms with Crippen LogP contribution in [0.3, 0.4) is 0 Å². The summed E-state index contributed by atoms with van der Waals surface area (Å²) in [6.07, 6.45) is 2.87. The van der Waals surface area contributed by atoms with Crippen LogP contribution in [-0.2, 0) is 17.6 Å². The Morgan fingerprint density at radius 2 is 1.77 bits per heavy atom. The topological polar surface area (TPSA) is 85.3 Å². The number of rotatable bonds is 6. The molecule has 0 atom stereocenters. The number of H-pyrrole nitrogens is 1. The molecular weight excluding hydrogens is 378 g/mol. The van der Waals surface area contributed by atoms with Gasteiger partial charge in [0.15, 0.2) is 0 Å². The Labute approximate surface area is 176 Å². The largest absolute Gasteiger partial charge is 0.481 e. The summed E-state index contributed by atoms with van der Waals surface area (Å²) in [5.74, 6) is 1.05. The number of nitrogens with zero attached hydrogens (tertiary/aromatic N) is 4. The van der Waals surface area contributed by atoms with Crippen LogP contribution < -0.4 is 9.80 Å². The van der Waals surface area contributed by atoms with Crippen molar-refractivity contribution in [2.75, 3.05) is 36.0 Å². The standard InChI is InChI=1S/C23H27N5O2/c1-3-20-16(2)25-23(26-20)18-6-9-21(24-15-18)28-12-10-27(11-13-28)19-7-4-17(5-8-19)14-22(29)30/h4-9,15H,3,10-14H2,1-2H3,(H,25,26)(H,29,30). The Bertz CT molecular complexity index is 1000. The number of aromatic amines is 1. The molecule has 156 valence electrons. The number of pyridine rings is 1. The van der Waals surface area contributed by atoms with E-state index in [1.54, 1.807) is 0 Å². The molecule has 4 rings (SSSR count). The normalized spacial score (nSPS) is 14.2. The molecule has 1 aliphatic heterocycles. The lowest BCUT2D eigenvalue weighted by Gasteiger charge is -2.36. The Morgan fingerprint density at radius 3 is 2.33 bits per heavy atom. The average Bonchev–Trinajstić information content (AvgIpc) is 3.15. The number of anilines is 2. The van der Waals surface area contributed by atoms with Crippen LogP contribution in [0.4, 0.5) is 11.5 Å². The molecular formula is C23H27N5O2. The van der Waals surface area contributed by atoms with E-state index in [1.807, 2.05) is 30.5 Å². The maximum atomic E-state index is 10.8. The summed E-state index contributed by atoms with van der Waals surface area (Å²) >= 11 is 0. The van der Waals surface area contributed by atoms with Gasteiger partial charge in [0.1, 0.15) is 11.6 Å². The van der Waals surface area contributed by atoms with Crippen molar-refractivity contribution in [3.8, 4) is 11.4 Å². The molecule has 0 amide bonds. The van der Waals surface area contributed by atoms with Crippen molar-refractivity contribution >= 4 is 17.5 Å². The number of imidazole rings is 1. The maximum Gasteiger partial charge on any atom is 0.307 e. The molecule has 2 N–H and O–H groups in total. The van der Waals surface area contributed by atoms with Crippen molar-refractivity contribution in [1.29, 1.82) is 0 Å². The summed E-state index contributed by atoms with van der Waals surface area (Å²) in [4.78, 5) is 28.1. The Kier molecular flexibility index (Phi) is 5.70. The smallest absolute Gasteiger partial charge is 0.307 e. The van der Waals surface area contributed by atoms with E-state index < -0.39 is 5.97 Å². The molecule has 1 saturated heterocycles. The minimum absolute atomic E-state index is 0.0626. The fourth-order valence-electron chi connectivity index (χ4n) is 3.88. The van der Waals surface area contributed by atoms with Crippen molar-refractivity contribution in [2.45, 2.75) is 26.7 Å². The molecule has 7 nitrogen and oxygen atoms in total. The van der Waals surface area contributed by atoms with Gasteiger partial charge in [-0.25, -0.2) is 9.97 Å². The van der Waals surface area contributed by atoms with Gasteiger partial charge in [0, 0.05) is 49.3 Å². The second kappa shape index (κ2) is 8.57. The fourth-order valence-corrected chi connectivity index (χ4v) is 3.88. The predicted octanol–water partition coefficient (Wildman–Crippen LogP) is 3.30. The number of piperazine rings is 1. The molecule has 1 fully saturated rings. The first kappa shape index (κ1) is 19.9. The number of aromatic nitrogens is 3. The third-order valence-corrected chi connectivity index (χ3v) is 5.60. The summed E-state index contributed by atoms with van der Waals surface area (Å²) in [6, 6.07) is 12.0. The van der Waals surface area contributed by atoms with Crippen molar-refractivity contribution in [2.24, 2.45) is 0 Å². The van der Waals surface area contributed by atoms with Gasteiger partial charge < -0.3 is 19.9 Å². The zero-order chi connectivity index (χ0) is 21.1. The first-order valence-corrected chi connectivity index (χ1v) is 10.4. The van der Waals surface area contributed by atoms with Crippen LogP contribution in [0.5, 0.6) is 0 Å². The molecule has 3 aromatic rings. The van der Waals surface area contributed by atoms with Crippen LogP contribution in [-0.4, -0.2) is 52.2 Å². The fraction of sp³-hybridized carbons (Fsp3) is 0.348. The van der Waals surface area contributed by atoms with Crippen LogP contribution in [0.1, 0.15) is 23.9 Å². The van der Waals surface area contributed by atoms with E-state index in [-0.39, 0.29) is 6.42 Å². The molecule has 7 heteroatoms. The average molecular weight is 406 g/mol. The van der Waals surface area contributed by atoms with Crippen LogP contribution >= 0.6 is 0 Å². The highest BCUT2D eigenvalue weighted by molar-refractivity contribution is 5.70. The molecule has 0 unspecified atom stereocenters. The van der Waals surface area contributed by atoms with E-state index in [0.717, 1.165) is 72.4 Å². The predicted molar refractivity (Wildman–Crippen MR) is 118 cm³/mol. The first-order valence-electron chi connectivity index (χ1n) is 10.4. The molecule has 0 spiro atoms. The van der Waals surface area contributed by atoms with Gasteiger partial charge in [-0.1, -0.05) is 19.1 Å². The van der Waals surface area contributed by atoms with Gasteiger partial charge in [-0.2, -0.15) is 0 Å². The minimum Gasteiger partial charge on any atom is -0.481 e. The van der Waals surface area contributed by atoms with Gasteiger partial charge in [0.05, 0.1) is 12.1 Å². The first-order chi connectivity index (χ1) is 14.5. The summed E-state index contributed by atoms with van der Waals surface area (Å²) in [5, 5.41) is 8.90. The number of nitrogens with one attached hydrogen (secondary N) is 1. The van der Waals surface area contributed by atoms with Gasteiger partial charge in [0.25, 0.3) is 0 Å². The van der Waals surface area contributed by atoms with E-state index in [1.165, 1.54) is 0 Å². The monoisotopic (exact) mass is 405 g/mol. The van der Waals surface area contributed by atoms with Crippen molar-refractivity contribution in [3.05, 3.63) is 59.5 Å². The summed E-state index contributed by atoms with van der Waals surface area (Å²) in [7, 11) is 0. The third-order valence-electron chi connectivity index (χ3n) is 5.60. The van der Waals surface area contributed by atoms with E-state index in [2.05, 4.69) is 50.7 Å². The van der Waals surface area contributed by atoms with E-state index in [0.29, 0.717) is 0 Å². The van der Waals surface area contributed by atoms with Crippen LogP contribution in [0, 0.1) is 6.92 Å². The van der Waals surface area contributed by atoms with Crippen molar-refractivity contribution < 1.29 is 9.90 Å². The molecule has 0 aliphatic carbocycles. The lowest BCUT2D eigenvalue weighted by molar-refractivity contribution is -0.136. The summed E-state index contributed by atoms with van der Waals surface area (Å²) in [6.45, 7) is 7.75. The minimum atomic E-state index is -0.803. The quantitative estimate of drug-likeness (QED) is 0.655. The molecule has 30 heavy (non-hydrogen) atoms. The summed E-state index contributed by atoms with van der Waals surface area (Å²) in [5.41, 5.74) is 5.17. The van der Waals surface area contributed by atoms with Gasteiger partial charge in [-0.05, 0) is 43.2 Å². The van der Waals surface area contributed by atoms with Gasteiger partial charge in [-0.15, -0.1) is 0 Å². The maximum absolute atomic E-state index is 10.8. The zero-order valence-corrected chi connectivity index (χ0v) is 17.4. The second-order valence-corrected chi connectivity index (χ2v) is 7.63. The van der Waals surface area contributed by atoms with E-state index in [4.69, 9.17) is 5.11 Å². The van der Waals surface area contributed by atoms with Crippen LogP contribution in [0.25, 0.3) is 11.4 Å². The number of carboxylic acid groups (broad SMARTS) is 1. The van der Waals surface area contributed by atoms with E-state index >= 15 is 0 Å². The SMILES string of the molecule is CCc1nc(-c2ccc(N3CCN(c4ccc(CC(=O)O)cc4)CC3)nc2)[nH]c1C. The molecule has 2 aromatic heterocycles. The number of aliphatic carboxylic acids is 1. The summed E-state index contributed by atoms with van der Waals surface area (Å²) < 4.78 is 0. The second-order valence-electron chi connectivity index (χ2n) is 7.63. The number of carboxylic acids is 1. The molecule has 0 bridgehead atoms. The van der Waals surface area contributed by atoms with E-state index in [9.17, 15) is 4.79 Å². The number of hydrogen-bond donors (Lipinski definition) is 2. The number of aryl methyl sites for hydroxylation is 2. The lowest BCUT2D eigenvalue weighted by atomic mass is 10.1. The number of benzene rings is 1. The highest BCUT2D eigenvalue weighted by atomic mass is 16.4. The third kappa shape index (κ3) is 4.30. The Balaban J connectivity index is 1.37. The van der Waals surface area contributed by atoms with Crippen LogP contribution in [0.15, 0.2) is 42.6 Å². The van der Waals surface area contributed by atoms with Crippen molar-refractivity contribution in [1.82, 2.24) is 15.0 Å². The highest BCUT2D eigenvalue weighted by Crippen LogP contribution is 2.23. The van der Waals surface area contributed by atoms with Crippen LogP contribution in [0.2, 0.25) is 0 Å². The van der Waals surface area contributed by atoms with Gasteiger partial charge >= 0.3 is 5.97 Å². The van der Waals surface area contributed by atoms with Crippen molar-refractivity contribution in [3.63, 3.8) is 0 Å². The molecule has 3 heterocycles. The zero-order valence-electron chi connectivity index (χ0n) is 17.4. The molecule has 0 saturated carbocycles. The molecule has 0 radical (unpaired) electrons. The van der Waals surface area contributed by atoms with Gasteiger partial charge in [0.2, 0.25) is 0 Å². The lowest BCUT2D eigenvalue weighted by Crippen LogP contribution is -2.46. The molecule has 1 aliphatic rings. The number of hydrogen-bond acceptors (Lipinski definition) is 5. The Morgan fingerprint density at radius 1 is 1.07 bits per heavy atom. The number of carbonyl (C=O) groups is 1. The Hall–Kier alpha value is -3.35. The molecule has 1 aromatic carbocycles.